The third-order valence-corrected chi connectivity index (χ3v) is 9.53. The van der Waals surface area contributed by atoms with E-state index >= 15 is 0 Å². The summed E-state index contributed by atoms with van der Waals surface area (Å²) in [6, 6.07) is 40.3. The van der Waals surface area contributed by atoms with Gasteiger partial charge in [-0.25, -0.2) is 9.97 Å². The Balaban J connectivity index is 0.00000275. The van der Waals surface area contributed by atoms with Crippen LogP contribution in [0.4, 0.5) is 0 Å². The van der Waals surface area contributed by atoms with Crippen molar-refractivity contribution in [1.82, 2.24) is 24.5 Å². The van der Waals surface area contributed by atoms with Gasteiger partial charge in [0, 0.05) is 47.8 Å². The molecule has 290 valence electrons. The zero-order chi connectivity index (χ0) is 38.5. The first-order valence-corrected chi connectivity index (χ1v) is 18.4. The maximum atomic E-state index is 6.69. The van der Waals surface area contributed by atoms with E-state index in [9.17, 15) is 0 Å². The predicted octanol–water partition coefficient (Wildman–Crippen LogP) is 11.7. The van der Waals surface area contributed by atoms with Crippen LogP contribution in [-0.2, 0) is 51.7 Å². The van der Waals surface area contributed by atoms with Crippen LogP contribution in [0.5, 0.6) is 23.0 Å². The van der Waals surface area contributed by atoms with Crippen molar-refractivity contribution in [3.05, 3.63) is 150 Å². The molecule has 0 aliphatic carbocycles. The number of fused-ring (bicyclic) bond motifs is 3. The molecule has 0 saturated heterocycles. The summed E-state index contributed by atoms with van der Waals surface area (Å²) in [6.45, 7) is 17.1. The Kier molecular flexibility index (Phi) is 12.0. The first kappa shape index (κ1) is 41.6. The fraction of sp³-hybridized carbons (Fsp3) is 0.208. The average molecular weight is 933 g/mol. The molecule has 4 heterocycles. The molecule has 0 aliphatic heterocycles. The molecular formula is C48H41N5O2Pd2. The van der Waals surface area contributed by atoms with Crippen LogP contribution < -0.4 is 9.47 Å². The molecule has 0 saturated carbocycles. The van der Waals surface area contributed by atoms with Crippen molar-refractivity contribution in [2.45, 2.75) is 66.2 Å². The van der Waals surface area contributed by atoms with Crippen molar-refractivity contribution < 1.29 is 50.3 Å². The molecule has 57 heavy (non-hydrogen) atoms. The van der Waals surface area contributed by atoms with Gasteiger partial charge in [0.05, 0.1) is 0 Å². The molecule has 0 radical (unpaired) electrons. The fourth-order valence-corrected chi connectivity index (χ4v) is 6.73. The number of aryl methyl sites for hydroxylation is 2. The zero-order valence-electron chi connectivity index (χ0n) is 33.0. The van der Waals surface area contributed by atoms with Gasteiger partial charge in [-0.1, -0.05) is 99.1 Å². The second kappa shape index (κ2) is 16.5. The van der Waals surface area contributed by atoms with Crippen molar-refractivity contribution in [3.8, 4) is 51.5 Å². The summed E-state index contributed by atoms with van der Waals surface area (Å²) in [7, 11) is 0. The molecular weight excluding hydrogens is 891 g/mol. The van der Waals surface area contributed by atoms with E-state index in [1.54, 1.807) is 18.5 Å². The van der Waals surface area contributed by atoms with Crippen molar-refractivity contribution >= 4 is 21.8 Å². The number of nitrogens with zero attached hydrogens (tertiary/aromatic N) is 5. The zero-order valence-corrected chi connectivity index (χ0v) is 36.1. The number of ether oxygens (including phenoxy) is 2. The Morgan fingerprint density at radius 1 is 0.509 bits per heavy atom. The van der Waals surface area contributed by atoms with Crippen LogP contribution in [0.1, 0.15) is 63.8 Å². The second-order valence-corrected chi connectivity index (χ2v) is 15.9. The summed E-state index contributed by atoms with van der Waals surface area (Å²) >= 11 is 0. The average Bonchev–Trinajstić information content (AvgIpc) is 3.47. The summed E-state index contributed by atoms with van der Waals surface area (Å²) in [4.78, 5) is 18.5. The van der Waals surface area contributed by atoms with Crippen LogP contribution in [0.25, 0.3) is 50.3 Å². The van der Waals surface area contributed by atoms with E-state index in [1.807, 2.05) is 53.4 Å². The Hall–Kier alpha value is -5.02. The van der Waals surface area contributed by atoms with Crippen LogP contribution >= 0.6 is 0 Å². The van der Waals surface area contributed by atoms with E-state index in [0.717, 1.165) is 66.6 Å². The maximum absolute atomic E-state index is 6.69. The van der Waals surface area contributed by atoms with E-state index in [-0.39, 0.29) is 51.7 Å². The van der Waals surface area contributed by atoms with Gasteiger partial charge < -0.3 is 24.0 Å². The second-order valence-electron chi connectivity index (χ2n) is 15.9. The Bertz CT molecular complexity index is 2550. The Morgan fingerprint density at radius 3 is 1.35 bits per heavy atom. The summed E-state index contributed by atoms with van der Waals surface area (Å²) in [5.74, 6) is 2.79. The van der Waals surface area contributed by atoms with Crippen LogP contribution in [0.3, 0.4) is 0 Å². The standard InChI is InChI=1S/C48H41N5O2.2Pd/c1-30-18-22-49-40(24-30)32-10-16-38(47(3,4)5)44(26-32)54-34-12-14-36-37-15-13-35(29-43(37)53(42(36)28-34)46-51-20-9-21-52-46)55-45-27-33(11-17-39(45)48(6,7)8)41-25-31(2)19-23-50-41;;/h9-25H,1-8H3;;/q-4;2*+2. The number of hydrogen-bond donors (Lipinski definition) is 0. The molecule has 4 aromatic heterocycles. The van der Waals surface area contributed by atoms with E-state index in [4.69, 9.17) is 9.47 Å². The molecule has 0 fully saturated rings. The molecule has 0 amide bonds. The van der Waals surface area contributed by atoms with Gasteiger partial charge >= 0.3 is 40.8 Å². The van der Waals surface area contributed by atoms with Crippen molar-refractivity contribution in [2.75, 3.05) is 0 Å². The maximum Gasteiger partial charge on any atom is 2.00 e. The largest absolute Gasteiger partial charge is 2.00 e. The van der Waals surface area contributed by atoms with Gasteiger partial charge in [-0.2, -0.15) is 22.9 Å². The van der Waals surface area contributed by atoms with Crippen LogP contribution in [0.15, 0.2) is 104 Å². The summed E-state index contributed by atoms with van der Waals surface area (Å²) in [6.07, 6.45) is 7.09. The Labute approximate surface area is 362 Å². The first-order valence-electron chi connectivity index (χ1n) is 18.4. The van der Waals surface area contributed by atoms with E-state index in [0.29, 0.717) is 28.9 Å². The van der Waals surface area contributed by atoms with E-state index in [2.05, 4.69) is 136 Å². The SMILES string of the molecule is Cc1ccnc(-c2[c-]c(Oc3[c-]c4c(cc3)c3ccc(Oc5[c-]c(-c6cc(C)ccn6)ccc5C(C)(C)C)[c-]c3n4-c3ncccn3)c(C(C)(C)C)cc2)c1.[Pd+2].[Pd+2]. The molecule has 8 rings (SSSR count). The van der Waals surface area contributed by atoms with Gasteiger partial charge in [0.25, 0.3) is 0 Å². The normalized spacial score (nSPS) is 11.6. The molecule has 0 bridgehead atoms. The number of pyridine rings is 2. The van der Waals surface area contributed by atoms with Gasteiger partial charge in [-0.05, 0) is 54.3 Å². The third kappa shape index (κ3) is 8.64. The van der Waals surface area contributed by atoms with Crippen LogP contribution in [0.2, 0.25) is 0 Å². The van der Waals surface area contributed by atoms with Crippen molar-refractivity contribution in [1.29, 1.82) is 0 Å². The minimum atomic E-state index is -0.201. The first-order chi connectivity index (χ1) is 26.3. The molecule has 0 atom stereocenters. The summed E-state index contributed by atoms with van der Waals surface area (Å²) in [5.41, 5.74) is 8.77. The summed E-state index contributed by atoms with van der Waals surface area (Å²) in [5, 5.41) is 1.90. The monoisotopic (exact) mass is 931 g/mol. The van der Waals surface area contributed by atoms with Gasteiger partial charge in [-0.3, -0.25) is 0 Å². The molecule has 0 spiro atoms. The van der Waals surface area contributed by atoms with Gasteiger partial charge in [-0.15, -0.1) is 59.7 Å². The Morgan fingerprint density at radius 2 is 0.947 bits per heavy atom. The molecule has 0 N–H and O–H groups in total. The van der Waals surface area contributed by atoms with Crippen molar-refractivity contribution in [3.63, 3.8) is 0 Å². The topological polar surface area (TPSA) is 75.0 Å². The summed E-state index contributed by atoms with van der Waals surface area (Å²) < 4.78 is 15.3. The predicted molar refractivity (Wildman–Crippen MR) is 218 cm³/mol. The molecule has 4 aromatic carbocycles. The van der Waals surface area contributed by atoms with Crippen molar-refractivity contribution in [2.24, 2.45) is 0 Å². The molecule has 0 unspecified atom stereocenters. The van der Waals surface area contributed by atoms with Gasteiger partial charge in [0.15, 0.2) is 0 Å². The van der Waals surface area contributed by atoms with E-state index in [1.165, 1.54) is 0 Å². The van der Waals surface area contributed by atoms with E-state index < -0.39 is 0 Å². The molecule has 0 aliphatic rings. The number of benzene rings is 4. The van der Waals surface area contributed by atoms with Crippen LogP contribution in [0, 0.1) is 38.1 Å². The smallest absolute Gasteiger partial charge is 0.503 e. The quantitative estimate of drug-likeness (QED) is 0.117. The number of aromatic nitrogens is 5. The van der Waals surface area contributed by atoms with Gasteiger partial charge in [0.2, 0.25) is 5.95 Å². The molecule has 9 heteroatoms. The number of hydrogen-bond acceptors (Lipinski definition) is 6. The number of rotatable bonds is 7. The third-order valence-electron chi connectivity index (χ3n) is 9.53. The van der Waals surface area contributed by atoms with Gasteiger partial charge in [0.1, 0.15) is 0 Å². The molecule has 8 aromatic rings. The van der Waals surface area contributed by atoms with Crippen LogP contribution in [-0.4, -0.2) is 24.5 Å². The minimum absolute atomic E-state index is 0. The molecule has 7 nitrogen and oxygen atoms in total. The minimum Gasteiger partial charge on any atom is -0.503 e. The fourth-order valence-electron chi connectivity index (χ4n) is 6.73.